The number of carbonyl (C=O) groups excluding carboxylic acids is 1. The smallest absolute Gasteiger partial charge is 0.257 e. The van der Waals surface area contributed by atoms with Crippen molar-refractivity contribution >= 4 is 28.9 Å². The van der Waals surface area contributed by atoms with Gasteiger partial charge >= 0.3 is 0 Å². The first-order chi connectivity index (χ1) is 12.6. The molecule has 0 saturated heterocycles. The summed E-state index contributed by atoms with van der Waals surface area (Å²) in [4.78, 5) is 12.2. The third kappa shape index (κ3) is 4.68. The number of anilines is 1. The van der Waals surface area contributed by atoms with Crippen LogP contribution in [0.25, 0.3) is 0 Å². The van der Waals surface area contributed by atoms with Gasteiger partial charge in [-0.05, 0) is 61.1 Å². The molecule has 1 amide bonds. The molecule has 0 aromatic heterocycles. The van der Waals surface area contributed by atoms with E-state index in [0.717, 1.165) is 11.3 Å². The van der Waals surface area contributed by atoms with Gasteiger partial charge in [0.1, 0.15) is 5.75 Å². The van der Waals surface area contributed by atoms with Gasteiger partial charge in [-0.1, -0.05) is 42.5 Å². The van der Waals surface area contributed by atoms with Gasteiger partial charge in [-0.3, -0.25) is 10.1 Å². The van der Waals surface area contributed by atoms with Gasteiger partial charge < -0.3 is 10.1 Å². The summed E-state index contributed by atoms with van der Waals surface area (Å²) in [7, 11) is 0. The zero-order chi connectivity index (χ0) is 18.4. The van der Waals surface area contributed by atoms with E-state index in [1.54, 1.807) is 24.3 Å². The Balaban J connectivity index is 1.70. The predicted molar refractivity (Wildman–Crippen MR) is 108 cm³/mol. The van der Waals surface area contributed by atoms with E-state index in [4.69, 9.17) is 17.0 Å². The fourth-order valence-electron chi connectivity index (χ4n) is 2.38. The van der Waals surface area contributed by atoms with Crippen molar-refractivity contribution in [2.45, 2.75) is 6.92 Å². The average Bonchev–Trinajstić information content (AvgIpc) is 2.64. The highest BCUT2D eigenvalue weighted by atomic mass is 32.1. The normalized spacial score (nSPS) is 10.0. The Kier molecular flexibility index (Phi) is 5.61. The van der Waals surface area contributed by atoms with Crippen molar-refractivity contribution < 1.29 is 9.53 Å². The van der Waals surface area contributed by atoms with Crippen LogP contribution in [0.5, 0.6) is 11.5 Å². The highest BCUT2D eigenvalue weighted by Gasteiger charge is 2.10. The van der Waals surface area contributed by atoms with E-state index in [0.29, 0.717) is 17.0 Å². The van der Waals surface area contributed by atoms with Crippen molar-refractivity contribution in [1.29, 1.82) is 0 Å². The monoisotopic (exact) mass is 362 g/mol. The molecule has 26 heavy (non-hydrogen) atoms. The number of nitrogens with one attached hydrogen (secondary N) is 2. The molecule has 0 fully saturated rings. The minimum atomic E-state index is -0.264. The summed E-state index contributed by atoms with van der Waals surface area (Å²) < 4.78 is 5.95. The lowest BCUT2D eigenvalue weighted by Gasteiger charge is -2.14. The van der Waals surface area contributed by atoms with Crippen molar-refractivity contribution in [2.24, 2.45) is 0 Å². The summed E-state index contributed by atoms with van der Waals surface area (Å²) in [5.41, 5.74) is 2.33. The second-order valence-corrected chi connectivity index (χ2v) is 6.10. The molecule has 0 aliphatic rings. The number of aryl methyl sites for hydroxylation is 1. The summed E-state index contributed by atoms with van der Waals surface area (Å²) in [6, 6.07) is 24.1. The maximum atomic E-state index is 12.2. The summed E-state index contributed by atoms with van der Waals surface area (Å²) in [5.74, 6) is 1.09. The molecule has 0 unspecified atom stereocenters. The number of amides is 1. The molecule has 5 heteroatoms. The fraction of sp³-hybridized carbons (Fsp3) is 0.0476. The molecule has 0 aliphatic heterocycles. The number of hydrogen-bond acceptors (Lipinski definition) is 3. The van der Waals surface area contributed by atoms with Crippen LogP contribution in [0.4, 0.5) is 5.69 Å². The summed E-state index contributed by atoms with van der Waals surface area (Å²) in [6.45, 7) is 2.01. The zero-order valence-corrected chi connectivity index (χ0v) is 15.0. The van der Waals surface area contributed by atoms with Crippen LogP contribution in [-0.2, 0) is 0 Å². The molecule has 0 radical (unpaired) electrons. The lowest BCUT2D eigenvalue weighted by molar-refractivity contribution is 0.0977. The van der Waals surface area contributed by atoms with Crippen LogP contribution in [0.15, 0.2) is 78.9 Å². The van der Waals surface area contributed by atoms with Gasteiger partial charge in [0.15, 0.2) is 10.9 Å². The Hall–Kier alpha value is -3.18. The fourth-order valence-corrected chi connectivity index (χ4v) is 2.59. The second kappa shape index (κ2) is 8.27. The van der Waals surface area contributed by atoms with Crippen LogP contribution in [0, 0.1) is 6.92 Å². The summed E-state index contributed by atoms with van der Waals surface area (Å²) in [6.07, 6.45) is 0. The lowest BCUT2D eigenvalue weighted by Crippen LogP contribution is -2.34. The van der Waals surface area contributed by atoms with E-state index in [9.17, 15) is 4.79 Å². The molecular formula is C21H18N2O2S. The molecular weight excluding hydrogens is 344 g/mol. The Labute approximate surface area is 157 Å². The molecule has 2 N–H and O–H groups in total. The van der Waals surface area contributed by atoms with Gasteiger partial charge in [-0.2, -0.15) is 0 Å². The molecule has 0 spiro atoms. The molecule has 4 nitrogen and oxygen atoms in total. The van der Waals surface area contributed by atoms with Crippen LogP contribution in [0.1, 0.15) is 15.9 Å². The zero-order valence-electron chi connectivity index (χ0n) is 14.2. The van der Waals surface area contributed by atoms with Gasteiger partial charge in [0, 0.05) is 5.56 Å². The third-order valence-electron chi connectivity index (χ3n) is 3.62. The van der Waals surface area contributed by atoms with Gasteiger partial charge in [0.2, 0.25) is 0 Å². The van der Waals surface area contributed by atoms with Gasteiger partial charge in [-0.15, -0.1) is 0 Å². The minimum Gasteiger partial charge on any atom is -0.455 e. The summed E-state index contributed by atoms with van der Waals surface area (Å²) in [5, 5.41) is 5.90. The number of carbonyl (C=O) groups is 1. The Morgan fingerprint density at radius 2 is 1.65 bits per heavy atom. The predicted octanol–water partition coefficient (Wildman–Crippen LogP) is 4.91. The van der Waals surface area contributed by atoms with E-state index in [1.165, 1.54) is 0 Å². The van der Waals surface area contributed by atoms with E-state index in [1.807, 2.05) is 61.5 Å². The van der Waals surface area contributed by atoms with Crippen molar-refractivity contribution in [3.05, 3.63) is 90.0 Å². The van der Waals surface area contributed by atoms with Gasteiger partial charge in [0.25, 0.3) is 5.91 Å². The first-order valence-corrected chi connectivity index (χ1v) is 8.53. The highest BCUT2D eigenvalue weighted by molar-refractivity contribution is 7.80. The van der Waals surface area contributed by atoms with Gasteiger partial charge in [0.05, 0.1) is 5.69 Å². The topological polar surface area (TPSA) is 50.4 Å². The van der Waals surface area contributed by atoms with Crippen LogP contribution in [0.2, 0.25) is 0 Å². The van der Waals surface area contributed by atoms with E-state index < -0.39 is 0 Å². The standard InChI is InChI=1S/C21H18N2O2S/c1-15-8-7-11-17(14-15)25-19-13-6-5-12-18(19)22-21(26)23-20(24)16-9-3-2-4-10-16/h2-14H,1H3,(H2,22,23,24,26). The molecule has 0 heterocycles. The SMILES string of the molecule is Cc1cccc(Oc2ccccc2NC(=S)NC(=O)c2ccccc2)c1. The highest BCUT2D eigenvalue weighted by Crippen LogP contribution is 2.29. The van der Waals surface area contributed by atoms with Crippen LogP contribution < -0.4 is 15.4 Å². The Bertz CT molecular complexity index is 926. The van der Waals surface area contributed by atoms with Gasteiger partial charge in [-0.25, -0.2) is 0 Å². The average molecular weight is 362 g/mol. The number of hydrogen-bond donors (Lipinski definition) is 2. The molecule has 3 aromatic rings. The number of ether oxygens (including phenoxy) is 1. The molecule has 130 valence electrons. The van der Waals surface area contributed by atoms with Crippen LogP contribution in [0.3, 0.4) is 0 Å². The molecule has 3 aromatic carbocycles. The van der Waals surface area contributed by atoms with Crippen molar-refractivity contribution in [3.63, 3.8) is 0 Å². The second-order valence-electron chi connectivity index (χ2n) is 5.69. The largest absolute Gasteiger partial charge is 0.455 e. The first kappa shape index (κ1) is 17.6. The molecule has 0 bridgehead atoms. The number of benzene rings is 3. The van der Waals surface area contributed by atoms with E-state index in [-0.39, 0.29) is 11.0 Å². The Morgan fingerprint density at radius 3 is 2.42 bits per heavy atom. The molecule has 0 aliphatic carbocycles. The third-order valence-corrected chi connectivity index (χ3v) is 3.82. The van der Waals surface area contributed by atoms with E-state index >= 15 is 0 Å². The van der Waals surface area contributed by atoms with E-state index in [2.05, 4.69) is 10.6 Å². The van der Waals surface area contributed by atoms with Crippen LogP contribution >= 0.6 is 12.2 Å². The van der Waals surface area contributed by atoms with Crippen molar-refractivity contribution in [3.8, 4) is 11.5 Å². The van der Waals surface area contributed by atoms with Crippen LogP contribution in [-0.4, -0.2) is 11.0 Å². The maximum Gasteiger partial charge on any atom is 0.257 e. The Morgan fingerprint density at radius 1 is 0.923 bits per heavy atom. The number of rotatable bonds is 4. The minimum absolute atomic E-state index is 0.208. The summed E-state index contributed by atoms with van der Waals surface area (Å²) >= 11 is 5.26. The lowest BCUT2D eigenvalue weighted by atomic mass is 10.2. The maximum absolute atomic E-state index is 12.2. The molecule has 0 atom stereocenters. The van der Waals surface area contributed by atoms with Crippen molar-refractivity contribution in [1.82, 2.24) is 5.32 Å². The first-order valence-electron chi connectivity index (χ1n) is 8.13. The number of thiocarbonyl (C=S) groups is 1. The molecule has 0 saturated carbocycles. The van der Waals surface area contributed by atoms with Crippen molar-refractivity contribution in [2.75, 3.05) is 5.32 Å². The molecule has 3 rings (SSSR count). The quantitative estimate of drug-likeness (QED) is 0.647. The number of para-hydroxylation sites is 2.